The van der Waals surface area contributed by atoms with Crippen LogP contribution in [0.15, 0.2) is 23.1 Å². The van der Waals surface area contributed by atoms with Crippen molar-refractivity contribution < 1.29 is 14.3 Å². The second-order valence-corrected chi connectivity index (χ2v) is 8.01. The lowest BCUT2D eigenvalue weighted by atomic mass is 9.91. The smallest absolute Gasteiger partial charge is 0.410 e. The maximum Gasteiger partial charge on any atom is 0.410 e. The van der Waals surface area contributed by atoms with E-state index in [0.717, 1.165) is 4.90 Å². The SMILES string of the molecule is CN1CC2(CCN(C(=O)CSc3cc(Cl)ccc3Cl)CC2)OC1=O. The molecule has 24 heavy (non-hydrogen) atoms. The van der Waals surface area contributed by atoms with Gasteiger partial charge in [-0.2, -0.15) is 0 Å². The molecule has 0 bridgehead atoms. The van der Waals surface area contributed by atoms with E-state index in [1.807, 2.05) is 4.90 Å². The lowest BCUT2D eigenvalue weighted by molar-refractivity contribution is -0.131. The number of amides is 2. The molecule has 1 aromatic carbocycles. The molecule has 2 amide bonds. The fourth-order valence-corrected chi connectivity index (χ4v) is 4.43. The Hall–Kier alpha value is -1.11. The standard InChI is InChI=1S/C16H18Cl2N2O3S/c1-19-10-16(23-15(19)22)4-6-20(7-5-16)14(21)9-24-13-8-11(17)2-3-12(13)18/h2-3,8H,4-7,9-10H2,1H3. The van der Waals surface area contributed by atoms with Gasteiger partial charge in [0.25, 0.3) is 0 Å². The molecule has 2 aliphatic heterocycles. The van der Waals surface area contributed by atoms with Gasteiger partial charge in [0.05, 0.1) is 17.3 Å². The largest absolute Gasteiger partial charge is 0.441 e. The van der Waals surface area contributed by atoms with Gasteiger partial charge in [0.1, 0.15) is 5.60 Å². The van der Waals surface area contributed by atoms with Gasteiger partial charge in [0, 0.05) is 42.9 Å². The number of piperidine rings is 1. The van der Waals surface area contributed by atoms with Crippen LogP contribution in [-0.2, 0) is 9.53 Å². The van der Waals surface area contributed by atoms with Gasteiger partial charge in [-0.05, 0) is 18.2 Å². The third kappa shape index (κ3) is 3.76. The number of benzene rings is 1. The topological polar surface area (TPSA) is 49.9 Å². The number of ether oxygens (including phenoxy) is 1. The molecule has 0 aliphatic carbocycles. The Kier molecular flexibility index (Phi) is 5.18. The van der Waals surface area contributed by atoms with E-state index >= 15 is 0 Å². The first-order valence-electron chi connectivity index (χ1n) is 7.68. The molecule has 0 saturated carbocycles. The zero-order chi connectivity index (χ0) is 17.3. The van der Waals surface area contributed by atoms with Crippen LogP contribution in [0.25, 0.3) is 0 Å². The lowest BCUT2D eigenvalue weighted by Gasteiger charge is -2.37. The summed E-state index contributed by atoms with van der Waals surface area (Å²) in [5, 5.41) is 1.19. The van der Waals surface area contributed by atoms with E-state index in [9.17, 15) is 9.59 Å². The van der Waals surface area contributed by atoms with Crippen molar-refractivity contribution in [2.24, 2.45) is 0 Å². The van der Waals surface area contributed by atoms with Crippen LogP contribution in [0.3, 0.4) is 0 Å². The third-order valence-electron chi connectivity index (χ3n) is 4.41. The number of halogens is 2. The van der Waals surface area contributed by atoms with E-state index in [1.54, 1.807) is 30.1 Å². The third-order valence-corrected chi connectivity index (χ3v) is 6.13. The number of carbonyl (C=O) groups excluding carboxylic acids is 2. The average molecular weight is 389 g/mol. The van der Waals surface area contributed by atoms with Gasteiger partial charge in [-0.1, -0.05) is 23.2 Å². The highest BCUT2D eigenvalue weighted by Gasteiger charge is 2.46. The fraction of sp³-hybridized carbons (Fsp3) is 0.500. The van der Waals surface area contributed by atoms with Crippen molar-refractivity contribution in [2.75, 3.05) is 32.4 Å². The molecule has 0 aromatic heterocycles. The molecule has 0 radical (unpaired) electrons. The Labute approximate surface area is 155 Å². The molecule has 0 atom stereocenters. The number of likely N-dealkylation sites (N-methyl/N-ethyl adjacent to an activating group) is 1. The second-order valence-electron chi connectivity index (χ2n) is 6.15. The van der Waals surface area contributed by atoms with Crippen LogP contribution < -0.4 is 0 Å². The summed E-state index contributed by atoms with van der Waals surface area (Å²) in [6.07, 6.45) is 1.08. The fourth-order valence-electron chi connectivity index (χ4n) is 3.03. The molecule has 1 spiro atoms. The van der Waals surface area contributed by atoms with Gasteiger partial charge in [0.2, 0.25) is 5.91 Å². The molecule has 2 fully saturated rings. The highest BCUT2D eigenvalue weighted by Crippen LogP contribution is 2.34. The zero-order valence-electron chi connectivity index (χ0n) is 13.3. The van der Waals surface area contributed by atoms with Gasteiger partial charge < -0.3 is 14.5 Å². The van der Waals surface area contributed by atoms with Crippen LogP contribution >= 0.6 is 35.0 Å². The molecule has 5 nitrogen and oxygen atoms in total. The van der Waals surface area contributed by atoms with Crippen LogP contribution in [0.2, 0.25) is 10.0 Å². The maximum absolute atomic E-state index is 12.4. The van der Waals surface area contributed by atoms with E-state index in [2.05, 4.69) is 0 Å². The maximum atomic E-state index is 12.4. The summed E-state index contributed by atoms with van der Waals surface area (Å²) in [6, 6.07) is 5.22. The summed E-state index contributed by atoms with van der Waals surface area (Å²) in [4.78, 5) is 28.2. The monoisotopic (exact) mass is 388 g/mol. The number of hydrogen-bond donors (Lipinski definition) is 0. The molecule has 2 heterocycles. The summed E-state index contributed by atoms with van der Waals surface area (Å²) >= 11 is 13.5. The van der Waals surface area contributed by atoms with E-state index in [4.69, 9.17) is 27.9 Å². The molecule has 0 N–H and O–H groups in total. The minimum absolute atomic E-state index is 0.0589. The highest BCUT2D eigenvalue weighted by atomic mass is 35.5. The minimum Gasteiger partial charge on any atom is -0.441 e. The average Bonchev–Trinajstić information content (AvgIpc) is 2.82. The van der Waals surface area contributed by atoms with E-state index in [-0.39, 0.29) is 12.0 Å². The van der Waals surface area contributed by atoms with Crippen LogP contribution in [0.4, 0.5) is 4.79 Å². The van der Waals surface area contributed by atoms with Crippen LogP contribution in [0.1, 0.15) is 12.8 Å². The summed E-state index contributed by atoms with van der Waals surface area (Å²) in [6.45, 7) is 1.80. The van der Waals surface area contributed by atoms with Crippen LogP contribution in [0.5, 0.6) is 0 Å². The summed E-state index contributed by atoms with van der Waals surface area (Å²) in [5.41, 5.74) is -0.425. The highest BCUT2D eigenvalue weighted by molar-refractivity contribution is 8.00. The van der Waals surface area contributed by atoms with E-state index in [0.29, 0.717) is 48.3 Å². The van der Waals surface area contributed by atoms with Crippen LogP contribution in [0, 0.1) is 0 Å². The first kappa shape index (κ1) is 17.7. The van der Waals surface area contributed by atoms with Gasteiger partial charge in [-0.15, -0.1) is 11.8 Å². The number of likely N-dealkylation sites (tertiary alicyclic amines) is 1. The Morgan fingerprint density at radius 2 is 2.04 bits per heavy atom. The van der Waals surface area contributed by atoms with E-state index in [1.165, 1.54) is 11.8 Å². The Morgan fingerprint density at radius 3 is 2.67 bits per heavy atom. The number of rotatable bonds is 3. The van der Waals surface area contributed by atoms with Gasteiger partial charge in [-0.3, -0.25) is 4.79 Å². The normalized spacial score (nSPS) is 19.7. The summed E-state index contributed by atoms with van der Waals surface area (Å²) in [7, 11) is 1.74. The van der Waals surface area contributed by atoms with Gasteiger partial charge >= 0.3 is 6.09 Å². The van der Waals surface area contributed by atoms with Crippen molar-refractivity contribution in [3.8, 4) is 0 Å². The summed E-state index contributed by atoms with van der Waals surface area (Å²) < 4.78 is 5.50. The van der Waals surface area contributed by atoms with Gasteiger partial charge in [0.15, 0.2) is 0 Å². The van der Waals surface area contributed by atoms with Crippen molar-refractivity contribution >= 4 is 47.0 Å². The first-order chi connectivity index (χ1) is 11.4. The number of hydrogen-bond acceptors (Lipinski definition) is 4. The van der Waals surface area contributed by atoms with Gasteiger partial charge in [-0.25, -0.2) is 4.79 Å². The molecule has 2 aliphatic rings. The van der Waals surface area contributed by atoms with Crippen LogP contribution in [-0.4, -0.2) is 59.8 Å². The number of carbonyl (C=O) groups is 2. The summed E-state index contributed by atoms with van der Waals surface area (Å²) in [5.74, 6) is 0.371. The Morgan fingerprint density at radius 1 is 1.33 bits per heavy atom. The minimum atomic E-state index is -0.425. The van der Waals surface area contributed by atoms with Crippen molar-refractivity contribution in [3.05, 3.63) is 28.2 Å². The molecule has 0 unspecified atom stereocenters. The second kappa shape index (κ2) is 7.02. The Bertz CT molecular complexity index is 663. The molecule has 8 heteroatoms. The van der Waals surface area contributed by atoms with Crippen molar-refractivity contribution in [3.63, 3.8) is 0 Å². The molecule has 2 saturated heterocycles. The predicted octanol–water partition coefficient (Wildman–Crippen LogP) is 3.53. The number of nitrogens with zero attached hydrogens (tertiary/aromatic N) is 2. The first-order valence-corrected chi connectivity index (χ1v) is 9.42. The quantitative estimate of drug-likeness (QED) is 0.743. The number of thioether (sulfide) groups is 1. The lowest BCUT2D eigenvalue weighted by Crippen LogP contribution is -2.49. The van der Waals surface area contributed by atoms with Crippen molar-refractivity contribution in [2.45, 2.75) is 23.3 Å². The molecule has 130 valence electrons. The van der Waals surface area contributed by atoms with E-state index < -0.39 is 5.60 Å². The van der Waals surface area contributed by atoms with Crippen molar-refractivity contribution in [1.29, 1.82) is 0 Å². The molecular weight excluding hydrogens is 371 g/mol. The Balaban J connectivity index is 1.52. The molecule has 3 rings (SSSR count). The van der Waals surface area contributed by atoms with Crippen molar-refractivity contribution in [1.82, 2.24) is 9.80 Å². The molecular formula is C16H18Cl2N2O3S. The predicted molar refractivity (Wildman–Crippen MR) is 94.8 cm³/mol. The zero-order valence-corrected chi connectivity index (χ0v) is 15.6. The molecule has 1 aromatic rings.